The maximum Gasteiger partial charge on any atom is 0.295 e. The summed E-state index contributed by atoms with van der Waals surface area (Å²) < 4.78 is 19.0. The Bertz CT molecular complexity index is 1320. The van der Waals surface area contributed by atoms with E-state index in [9.17, 15) is 19.1 Å². The number of nitrogens with zero attached hydrogens (tertiary/aromatic N) is 1. The van der Waals surface area contributed by atoms with Crippen molar-refractivity contribution >= 4 is 28.8 Å². The van der Waals surface area contributed by atoms with Crippen molar-refractivity contribution in [1.29, 1.82) is 0 Å². The zero-order valence-corrected chi connectivity index (χ0v) is 21.2. The van der Waals surface area contributed by atoms with Crippen LogP contribution in [-0.2, 0) is 16.1 Å². The number of hydrogen-bond acceptors (Lipinski definition) is 5. The number of Topliss-reactive ketones (excluding diaryl/α,β-unsaturated/α-hetero) is 1. The highest BCUT2D eigenvalue weighted by Crippen LogP contribution is 2.44. The molecule has 1 aliphatic heterocycles. The molecule has 0 spiro atoms. The second-order valence-electron chi connectivity index (χ2n) is 9.09. The lowest BCUT2D eigenvalue weighted by molar-refractivity contribution is -0.140. The van der Waals surface area contributed by atoms with Gasteiger partial charge < -0.3 is 14.7 Å². The van der Waals surface area contributed by atoms with Gasteiger partial charge in [-0.25, -0.2) is 4.39 Å². The molecule has 35 heavy (non-hydrogen) atoms. The van der Waals surface area contributed by atoms with Crippen molar-refractivity contribution in [1.82, 2.24) is 4.90 Å². The molecule has 0 bridgehead atoms. The summed E-state index contributed by atoms with van der Waals surface area (Å²) in [5.74, 6) is -1.18. The van der Waals surface area contributed by atoms with Crippen LogP contribution in [0.15, 0.2) is 53.4 Å². The van der Waals surface area contributed by atoms with Gasteiger partial charge in [0.1, 0.15) is 23.4 Å². The number of thiophene rings is 1. The van der Waals surface area contributed by atoms with Gasteiger partial charge in [0.05, 0.1) is 12.7 Å². The third kappa shape index (κ3) is 4.48. The van der Waals surface area contributed by atoms with Crippen molar-refractivity contribution < 1.29 is 23.8 Å². The third-order valence-corrected chi connectivity index (χ3v) is 7.48. The van der Waals surface area contributed by atoms with E-state index in [4.69, 9.17) is 4.74 Å². The van der Waals surface area contributed by atoms with Crippen molar-refractivity contribution in [2.75, 3.05) is 7.11 Å². The van der Waals surface area contributed by atoms with Gasteiger partial charge in [0.15, 0.2) is 0 Å². The molecular formula is C28H28FNO4S. The SMILES string of the molecule is COc1cc(C)c(/C(O)=C2\C(=O)C(=O)N(Cc3ccc(F)cc3)C2c2sccc2C)cc1C(C)C. The molecule has 1 fully saturated rings. The lowest BCUT2D eigenvalue weighted by Crippen LogP contribution is -2.29. The predicted molar refractivity (Wildman–Crippen MR) is 135 cm³/mol. The van der Waals surface area contributed by atoms with Gasteiger partial charge in [-0.05, 0) is 77.7 Å². The van der Waals surface area contributed by atoms with E-state index in [-0.39, 0.29) is 29.6 Å². The Morgan fingerprint density at radius 3 is 2.37 bits per heavy atom. The van der Waals surface area contributed by atoms with E-state index in [1.54, 1.807) is 19.2 Å². The zero-order valence-electron chi connectivity index (χ0n) is 20.4. The van der Waals surface area contributed by atoms with Gasteiger partial charge in [-0.2, -0.15) is 0 Å². The molecule has 7 heteroatoms. The first-order chi connectivity index (χ1) is 16.6. The molecule has 182 valence electrons. The highest BCUT2D eigenvalue weighted by Gasteiger charge is 2.47. The lowest BCUT2D eigenvalue weighted by atomic mass is 9.92. The Balaban J connectivity index is 1.90. The minimum absolute atomic E-state index is 0.0608. The molecule has 1 N–H and O–H groups in total. The summed E-state index contributed by atoms with van der Waals surface area (Å²) in [5, 5.41) is 13.4. The number of carbonyl (C=O) groups excluding carboxylic acids is 2. The molecule has 0 aliphatic carbocycles. The van der Waals surface area contributed by atoms with Crippen LogP contribution < -0.4 is 4.74 Å². The van der Waals surface area contributed by atoms with Gasteiger partial charge in [0.2, 0.25) is 0 Å². The van der Waals surface area contributed by atoms with E-state index in [1.807, 2.05) is 51.3 Å². The molecule has 2 heterocycles. The number of amides is 1. The number of rotatable bonds is 6. The van der Waals surface area contributed by atoms with Crippen molar-refractivity contribution in [3.8, 4) is 5.75 Å². The van der Waals surface area contributed by atoms with Crippen LogP contribution in [0.2, 0.25) is 0 Å². The first kappa shape index (κ1) is 24.7. The van der Waals surface area contributed by atoms with Gasteiger partial charge in [-0.1, -0.05) is 26.0 Å². The van der Waals surface area contributed by atoms with E-state index >= 15 is 0 Å². The van der Waals surface area contributed by atoms with Crippen LogP contribution in [0.1, 0.15) is 58.5 Å². The van der Waals surface area contributed by atoms with Crippen LogP contribution in [0.4, 0.5) is 4.39 Å². The Labute approximate surface area is 208 Å². The minimum Gasteiger partial charge on any atom is -0.507 e. The van der Waals surface area contributed by atoms with Crippen molar-refractivity contribution in [2.24, 2.45) is 0 Å². The fourth-order valence-electron chi connectivity index (χ4n) is 4.49. The van der Waals surface area contributed by atoms with Crippen LogP contribution in [0, 0.1) is 19.7 Å². The summed E-state index contributed by atoms with van der Waals surface area (Å²) in [6, 6.07) is 10.7. The number of aliphatic hydroxyl groups excluding tert-OH is 1. The number of aryl methyl sites for hydroxylation is 2. The molecule has 1 aromatic heterocycles. The molecule has 1 atom stereocenters. The maximum absolute atomic E-state index is 13.4. The number of methoxy groups -OCH3 is 1. The molecule has 1 amide bonds. The quantitative estimate of drug-likeness (QED) is 0.250. The predicted octanol–water partition coefficient (Wildman–Crippen LogP) is 6.26. The number of likely N-dealkylation sites (tertiary alicyclic amines) is 1. The summed E-state index contributed by atoms with van der Waals surface area (Å²) in [6.07, 6.45) is 0. The fourth-order valence-corrected chi connectivity index (χ4v) is 5.54. The van der Waals surface area contributed by atoms with E-state index in [2.05, 4.69) is 0 Å². The first-order valence-corrected chi connectivity index (χ1v) is 12.3. The molecule has 2 aromatic carbocycles. The number of halogens is 1. The lowest BCUT2D eigenvalue weighted by Gasteiger charge is -2.25. The number of benzene rings is 2. The summed E-state index contributed by atoms with van der Waals surface area (Å²) in [4.78, 5) is 28.9. The Morgan fingerprint density at radius 1 is 1.11 bits per heavy atom. The van der Waals surface area contributed by atoms with Crippen molar-refractivity contribution in [2.45, 2.75) is 46.2 Å². The summed E-state index contributed by atoms with van der Waals surface area (Å²) in [7, 11) is 1.60. The van der Waals surface area contributed by atoms with Crippen molar-refractivity contribution in [3.63, 3.8) is 0 Å². The number of carbonyl (C=O) groups is 2. The maximum atomic E-state index is 13.4. The topological polar surface area (TPSA) is 66.8 Å². The number of aliphatic hydroxyl groups is 1. The van der Waals surface area contributed by atoms with Gasteiger partial charge in [0.25, 0.3) is 11.7 Å². The molecule has 5 nitrogen and oxygen atoms in total. The van der Waals surface area contributed by atoms with E-state index in [0.29, 0.717) is 16.9 Å². The van der Waals surface area contributed by atoms with Gasteiger partial charge in [0, 0.05) is 17.0 Å². The zero-order chi connectivity index (χ0) is 25.4. The number of ketones is 1. The Morgan fingerprint density at radius 2 is 1.80 bits per heavy atom. The van der Waals surface area contributed by atoms with Crippen LogP contribution in [-0.4, -0.2) is 28.8 Å². The third-order valence-electron chi connectivity index (χ3n) is 6.41. The summed E-state index contributed by atoms with van der Waals surface area (Å²) >= 11 is 1.43. The molecular weight excluding hydrogens is 465 g/mol. The van der Waals surface area contributed by atoms with Crippen LogP contribution in [0.3, 0.4) is 0 Å². The number of hydrogen-bond donors (Lipinski definition) is 1. The molecule has 1 unspecified atom stereocenters. The van der Waals surface area contributed by atoms with Gasteiger partial charge >= 0.3 is 0 Å². The van der Waals surface area contributed by atoms with E-state index in [1.165, 1.54) is 28.4 Å². The Kier molecular flexibility index (Phi) is 6.81. The second-order valence-corrected chi connectivity index (χ2v) is 10.0. The van der Waals surface area contributed by atoms with Gasteiger partial charge in [-0.3, -0.25) is 9.59 Å². The molecule has 0 radical (unpaired) electrons. The molecule has 1 aliphatic rings. The normalized spacial score (nSPS) is 17.5. The Hall–Kier alpha value is -3.45. The summed E-state index contributed by atoms with van der Waals surface area (Å²) in [6.45, 7) is 7.91. The highest BCUT2D eigenvalue weighted by molar-refractivity contribution is 7.10. The van der Waals surface area contributed by atoms with Crippen LogP contribution in [0.25, 0.3) is 5.76 Å². The molecule has 1 saturated heterocycles. The molecule has 4 rings (SSSR count). The average molecular weight is 494 g/mol. The van der Waals surface area contributed by atoms with Gasteiger partial charge in [-0.15, -0.1) is 11.3 Å². The smallest absolute Gasteiger partial charge is 0.295 e. The second kappa shape index (κ2) is 9.66. The standard InChI is InChI=1S/C28H28FNO4S/c1-15(2)20-13-21(17(4)12-22(20)34-5)25(31)23-24(27-16(3)10-11-35-27)30(28(33)26(23)32)14-18-6-8-19(29)9-7-18/h6-13,15,24,31H,14H2,1-5H3/b25-23+. The van der Waals surface area contributed by atoms with Crippen molar-refractivity contribution in [3.05, 3.63) is 91.9 Å². The average Bonchev–Trinajstić information content (AvgIpc) is 3.35. The van der Waals surface area contributed by atoms with Crippen LogP contribution >= 0.6 is 11.3 Å². The highest BCUT2D eigenvalue weighted by atomic mass is 32.1. The first-order valence-electron chi connectivity index (χ1n) is 11.4. The molecule has 3 aromatic rings. The monoisotopic (exact) mass is 493 g/mol. The molecule has 0 saturated carbocycles. The number of ether oxygens (including phenoxy) is 1. The van der Waals surface area contributed by atoms with Crippen LogP contribution in [0.5, 0.6) is 5.75 Å². The fraction of sp³-hybridized carbons (Fsp3) is 0.286. The minimum atomic E-state index is -0.746. The van der Waals surface area contributed by atoms with E-state index < -0.39 is 17.7 Å². The largest absolute Gasteiger partial charge is 0.507 e. The van der Waals surface area contributed by atoms with E-state index in [0.717, 1.165) is 21.6 Å². The summed E-state index contributed by atoms with van der Waals surface area (Å²) in [5.41, 5.74) is 3.79.